The second-order valence-corrected chi connectivity index (χ2v) is 5.38. The summed E-state index contributed by atoms with van der Waals surface area (Å²) in [5, 5.41) is 0. The minimum atomic E-state index is 0.839. The van der Waals surface area contributed by atoms with Crippen molar-refractivity contribution in [2.75, 3.05) is 19.6 Å². The van der Waals surface area contributed by atoms with Crippen LogP contribution in [0.2, 0.25) is 0 Å². The molecule has 0 amide bonds. The van der Waals surface area contributed by atoms with Crippen molar-refractivity contribution >= 4 is 0 Å². The molecule has 2 unspecified atom stereocenters. The van der Waals surface area contributed by atoms with Gasteiger partial charge < -0.3 is 4.90 Å². The van der Waals surface area contributed by atoms with Gasteiger partial charge in [0.15, 0.2) is 0 Å². The van der Waals surface area contributed by atoms with Gasteiger partial charge in [-0.3, -0.25) is 0 Å². The predicted molar refractivity (Wildman–Crippen MR) is 67.7 cm³/mol. The maximum absolute atomic E-state index is 2.64. The maximum Gasteiger partial charge on any atom is 0.00129 e. The van der Waals surface area contributed by atoms with E-state index in [9.17, 15) is 0 Å². The fourth-order valence-corrected chi connectivity index (χ4v) is 3.54. The molecule has 2 atom stereocenters. The Morgan fingerprint density at radius 2 is 2.19 bits per heavy atom. The third-order valence-electron chi connectivity index (χ3n) is 4.38. The molecule has 0 radical (unpaired) electrons. The van der Waals surface area contributed by atoms with Crippen molar-refractivity contribution in [1.29, 1.82) is 0 Å². The highest BCUT2D eigenvalue weighted by Gasteiger charge is 2.30. The van der Waals surface area contributed by atoms with Gasteiger partial charge >= 0.3 is 0 Å². The molecule has 0 N–H and O–H groups in total. The van der Waals surface area contributed by atoms with E-state index in [0.717, 1.165) is 11.8 Å². The first kappa shape index (κ1) is 10.3. The van der Waals surface area contributed by atoms with Crippen molar-refractivity contribution in [3.8, 4) is 0 Å². The summed E-state index contributed by atoms with van der Waals surface area (Å²) < 4.78 is 0. The molecule has 3 rings (SSSR count). The first-order chi connectivity index (χ1) is 7.86. The summed E-state index contributed by atoms with van der Waals surface area (Å²) in [6.07, 6.45) is 4.10. The highest BCUT2D eigenvalue weighted by atomic mass is 15.1. The third kappa shape index (κ3) is 1.78. The SMILES string of the molecule is CCN1CCC2CC(Cc3ccccc32)C1. The summed E-state index contributed by atoms with van der Waals surface area (Å²) in [6.45, 7) is 6.13. The molecular weight excluding hydrogens is 194 g/mol. The molecule has 1 nitrogen and oxygen atoms in total. The highest BCUT2D eigenvalue weighted by molar-refractivity contribution is 5.33. The van der Waals surface area contributed by atoms with Gasteiger partial charge in [0.1, 0.15) is 0 Å². The lowest BCUT2D eigenvalue weighted by Crippen LogP contribution is -2.29. The first-order valence-electron chi connectivity index (χ1n) is 6.67. The number of hydrogen-bond acceptors (Lipinski definition) is 1. The van der Waals surface area contributed by atoms with Gasteiger partial charge in [-0.2, -0.15) is 0 Å². The first-order valence-corrected chi connectivity index (χ1v) is 6.67. The van der Waals surface area contributed by atoms with E-state index in [1.54, 1.807) is 11.1 Å². The van der Waals surface area contributed by atoms with Crippen LogP contribution in [0.1, 0.15) is 36.8 Å². The molecule has 2 aliphatic rings. The molecule has 16 heavy (non-hydrogen) atoms. The quantitative estimate of drug-likeness (QED) is 0.696. The zero-order valence-corrected chi connectivity index (χ0v) is 10.2. The van der Waals surface area contributed by atoms with Crippen molar-refractivity contribution < 1.29 is 0 Å². The average molecular weight is 215 g/mol. The van der Waals surface area contributed by atoms with Crippen molar-refractivity contribution in [3.05, 3.63) is 35.4 Å². The van der Waals surface area contributed by atoms with Crippen LogP contribution in [0.25, 0.3) is 0 Å². The summed E-state index contributed by atoms with van der Waals surface area (Å²) in [7, 11) is 0. The van der Waals surface area contributed by atoms with E-state index in [1.165, 1.54) is 38.9 Å². The Morgan fingerprint density at radius 1 is 1.31 bits per heavy atom. The van der Waals surface area contributed by atoms with Crippen LogP contribution < -0.4 is 0 Å². The number of benzene rings is 1. The van der Waals surface area contributed by atoms with E-state index in [-0.39, 0.29) is 0 Å². The highest BCUT2D eigenvalue weighted by Crippen LogP contribution is 2.39. The molecule has 1 heterocycles. The molecule has 1 fully saturated rings. The van der Waals surface area contributed by atoms with Crippen LogP contribution in [0.4, 0.5) is 0 Å². The molecule has 0 aromatic heterocycles. The van der Waals surface area contributed by atoms with Gasteiger partial charge in [-0.1, -0.05) is 31.2 Å². The van der Waals surface area contributed by atoms with Gasteiger partial charge in [0.25, 0.3) is 0 Å². The van der Waals surface area contributed by atoms with E-state index >= 15 is 0 Å². The summed E-state index contributed by atoms with van der Waals surface area (Å²) in [5.41, 5.74) is 3.28. The standard InChI is InChI=1S/C15H21N/c1-2-16-8-7-14-10-12(11-16)9-13-5-3-4-6-15(13)14/h3-6,12,14H,2,7-11H2,1H3. The number of nitrogens with zero attached hydrogens (tertiary/aromatic N) is 1. The van der Waals surface area contributed by atoms with Gasteiger partial charge in [0.2, 0.25) is 0 Å². The summed E-state index contributed by atoms with van der Waals surface area (Å²) in [6, 6.07) is 9.11. The Labute approximate surface area is 98.5 Å². The number of hydrogen-bond donors (Lipinski definition) is 0. The van der Waals surface area contributed by atoms with E-state index < -0.39 is 0 Å². The van der Waals surface area contributed by atoms with Crippen LogP contribution in [-0.4, -0.2) is 24.5 Å². The fraction of sp³-hybridized carbons (Fsp3) is 0.600. The lowest BCUT2D eigenvalue weighted by molar-refractivity contribution is 0.259. The van der Waals surface area contributed by atoms with Gasteiger partial charge in [0, 0.05) is 6.54 Å². The minimum Gasteiger partial charge on any atom is -0.303 e. The molecule has 1 aromatic carbocycles. The molecule has 1 saturated heterocycles. The zero-order valence-electron chi connectivity index (χ0n) is 10.2. The van der Waals surface area contributed by atoms with Crippen LogP contribution in [0.3, 0.4) is 0 Å². The Morgan fingerprint density at radius 3 is 3.06 bits per heavy atom. The van der Waals surface area contributed by atoms with E-state index in [1.807, 2.05) is 0 Å². The monoisotopic (exact) mass is 215 g/mol. The van der Waals surface area contributed by atoms with E-state index in [4.69, 9.17) is 0 Å². The van der Waals surface area contributed by atoms with Gasteiger partial charge in [-0.25, -0.2) is 0 Å². The second-order valence-electron chi connectivity index (χ2n) is 5.38. The number of rotatable bonds is 1. The largest absolute Gasteiger partial charge is 0.303 e. The molecule has 0 saturated carbocycles. The van der Waals surface area contributed by atoms with Gasteiger partial charge in [0.05, 0.1) is 0 Å². The van der Waals surface area contributed by atoms with E-state index in [0.29, 0.717) is 0 Å². The van der Waals surface area contributed by atoms with Crippen molar-refractivity contribution in [1.82, 2.24) is 4.90 Å². The maximum atomic E-state index is 2.64. The Balaban J connectivity index is 1.90. The summed E-state index contributed by atoms with van der Waals surface area (Å²) in [5.74, 6) is 1.74. The molecular formula is C15H21N. The molecule has 1 heteroatoms. The zero-order chi connectivity index (χ0) is 11.0. The fourth-order valence-electron chi connectivity index (χ4n) is 3.54. The topological polar surface area (TPSA) is 3.24 Å². The molecule has 86 valence electrons. The molecule has 0 spiro atoms. The molecule has 2 bridgehead atoms. The Kier molecular flexibility index (Phi) is 2.72. The lowest BCUT2D eigenvalue weighted by atomic mass is 9.76. The van der Waals surface area contributed by atoms with Crippen LogP contribution in [0.15, 0.2) is 24.3 Å². The van der Waals surface area contributed by atoms with Crippen LogP contribution in [-0.2, 0) is 6.42 Å². The normalized spacial score (nSPS) is 29.6. The van der Waals surface area contributed by atoms with Crippen molar-refractivity contribution in [2.45, 2.75) is 32.1 Å². The summed E-state index contributed by atoms with van der Waals surface area (Å²) >= 11 is 0. The van der Waals surface area contributed by atoms with Crippen LogP contribution in [0, 0.1) is 5.92 Å². The van der Waals surface area contributed by atoms with Crippen molar-refractivity contribution in [3.63, 3.8) is 0 Å². The summed E-state index contributed by atoms with van der Waals surface area (Å²) in [4.78, 5) is 2.64. The van der Waals surface area contributed by atoms with Gasteiger partial charge in [-0.05, 0) is 55.3 Å². The van der Waals surface area contributed by atoms with Gasteiger partial charge in [-0.15, -0.1) is 0 Å². The molecule has 1 aliphatic carbocycles. The lowest BCUT2D eigenvalue weighted by Gasteiger charge is -2.29. The van der Waals surface area contributed by atoms with E-state index in [2.05, 4.69) is 36.1 Å². The molecule has 1 aliphatic heterocycles. The predicted octanol–water partition coefficient (Wildman–Crippen LogP) is 3.06. The van der Waals surface area contributed by atoms with Crippen LogP contribution in [0.5, 0.6) is 0 Å². The van der Waals surface area contributed by atoms with Crippen molar-refractivity contribution in [2.24, 2.45) is 5.92 Å². The average Bonchev–Trinajstić information content (AvgIpc) is 2.49. The molecule has 1 aromatic rings. The third-order valence-corrected chi connectivity index (χ3v) is 4.38. The Bertz CT molecular complexity index is 371. The van der Waals surface area contributed by atoms with Crippen LogP contribution >= 0.6 is 0 Å². The Hall–Kier alpha value is -0.820. The number of fused-ring (bicyclic) bond motifs is 4. The number of likely N-dealkylation sites (tertiary alicyclic amines) is 1. The smallest absolute Gasteiger partial charge is 0.00129 e. The second kappa shape index (κ2) is 4.21. The minimum absolute atomic E-state index is 0.839.